The molecule has 1 heterocycles. The van der Waals surface area contributed by atoms with Crippen LogP contribution in [0.5, 0.6) is 17.2 Å². The summed E-state index contributed by atoms with van der Waals surface area (Å²) in [4.78, 5) is 12.6. The van der Waals surface area contributed by atoms with Crippen molar-refractivity contribution in [2.24, 2.45) is 0 Å². The average molecular weight is 310 g/mol. The number of para-hydroxylation sites is 2. The van der Waals surface area contributed by atoms with Crippen molar-refractivity contribution in [3.8, 4) is 17.2 Å². The van der Waals surface area contributed by atoms with Gasteiger partial charge in [-0.05, 0) is 31.2 Å². The van der Waals surface area contributed by atoms with Crippen LogP contribution in [-0.2, 0) is 0 Å². The Morgan fingerprint density at radius 2 is 2.00 bits per heavy atom. The summed E-state index contributed by atoms with van der Waals surface area (Å²) < 4.78 is 16.7. The molecule has 2 aromatic rings. The molecule has 0 fully saturated rings. The molecule has 0 spiro atoms. The van der Waals surface area contributed by atoms with Gasteiger partial charge in [0, 0.05) is 11.1 Å². The monoisotopic (exact) mass is 310 g/mol. The van der Waals surface area contributed by atoms with Crippen LogP contribution in [0.3, 0.4) is 0 Å². The van der Waals surface area contributed by atoms with Crippen LogP contribution in [0.4, 0.5) is 0 Å². The third-order valence-electron chi connectivity index (χ3n) is 3.65. The Labute approximate surface area is 135 Å². The topological polar surface area (TPSA) is 44.8 Å². The molecule has 0 amide bonds. The SMILES string of the molecule is CCOc1cccc(/C=C2\COc3ccccc3C2=O)c1OC. The van der Waals surface area contributed by atoms with E-state index in [1.54, 1.807) is 25.3 Å². The summed E-state index contributed by atoms with van der Waals surface area (Å²) in [7, 11) is 1.59. The Hall–Kier alpha value is -2.75. The molecular weight excluding hydrogens is 292 g/mol. The van der Waals surface area contributed by atoms with Crippen molar-refractivity contribution >= 4 is 11.9 Å². The second kappa shape index (κ2) is 6.57. The molecule has 0 atom stereocenters. The maximum absolute atomic E-state index is 12.6. The van der Waals surface area contributed by atoms with E-state index < -0.39 is 0 Å². The normalized spacial score (nSPS) is 15.0. The van der Waals surface area contributed by atoms with Gasteiger partial charge in [-0.25, -0.2) is 0 Å². The van der Waals surface area contributed by atoms with Crippen molar-refractivity contribution in [2.75, 3.05) is 20.3 Å². The number of ketones is 1. The molecule has 2 aromatic carbocycles. The van der Waals surface area contributed by atoms with Crippen LogP contribution in [0.25, 0.3) is 6.08 Å². The number of benzene rings is 2. The maximum Gasteiger partial charge on any atom is 0.196 e. The van der Waals surface area contributed by atoms with E-state index in [2.05, 4.69) is 0 Å². The van der Waals surface area contributed by atoms with Gasteiger partial charge in [-0.15, -0.1) is 0 Å². The van der Waals surface area contributed by atoms with Crippen LogP contribution in [0.2, 0.25) is 0 Å². The Morgan fingerprint density at radius 3 is 2.78 bits per heavy atom. The van der Waals surface area contributed by atoms with Gasteiger partial charge < -0.3 is 14.2 Å². The van der Waals surface area contributed by atoms with E-state index in [0.29, 0.717) is 35.0 Å². The highest BCUT2D eigenvalue weighted by Gasteiger charge is 2.23. The molecule has 0 radical (unpaired) electrons. The minimum absolute atomic E-state index is 0.0179. The van der Waals surface area contributed by atoms with Gasteiger partial charge in [-0.3, -0.25) is 4.79 Å². The first-order valence-electron chi connectivity index (χ1n) is 7.51. The van der Waals surface area contributed by atoms with Crippen molar-refractivity contribution in [2.45, 2.75) is 6.92 Å². The summed E-state index contributed by atoms with van der Waals surface area (Å²) in [6.07, 6.45) is 1.81. The minimum Gasteiger partial charge on any atom is -0.492 e. The van der Waals surface area contributed by atoms with Crippen LogP contribution in [0, 0.1) is 0 Å². The van der Waals surface area contributed by atoms with Crippen LogP contribution in [0.15, 0.2) is 48.0 Å². The first kappa shape index (κ1) is 15.2. The second-order valence-corrected chi connectivity index (χ2v) is 5.10. The number of methoxy groups -OCH3 is 1. The average Bonchev–Trinajstić information content (AvgIpc) is 2.58. The zero-order valence-electron chi connectivity index (χ0n) is 13.2. The lowest BCUT2D eigenvalue weighted by Gasteiger charge is -2.19. The standard InChI is InChI=1S/C19H18O4/c1-3-22-17-10-6-7-13(19(17)21-2)11-14-12-23-16-9-5-4-8-15(16)18(14)20/h4-11H,3,12H2,1-2H3/b14-11+. The molecule has 0 bridgehead atoms. The number of rotatable bonds is 4. The molecule has 3 rings (SSSR count). The Kier molecular flexibility index (Phi) is 4.33. The molecule has 0 aromatic heterocycles. The van der Waals surface area contributed by atoms with Gasteiger partial charge in [0.2, 0.25) is 0 Å². The van der Waals surface area contributed by atoms with E-state index in [1.807, 2.05) is 37.3 Å². The summed E-state index contributed by atoms with van der Waals surface area (Å²) in [6, 6.07) is 12.9. The van der Waals surface area contributed by atoms with Crippen molar-refractivity contribution in [1.82, 2.24) is 0 Å². The molecule has 0 saturated heterocycles. The van der Waals surface area contributed by atoms with Crippen molar-refractivity contribution in [3.05, 3.63) is 59.2 Å². The highest BCUT2D eigenvalue weighted by Crippen LogP contribution is 2.34. The van der Waals surface area contributed by atoms with Gasteiger partial charge in [0.05, 0.1) is 19.3 Å². The van der Waals surface area contributed by atoms with Crippen molar-refractivity contribution < 1.29 is 19.0 Å². The van der Waals surface area contributed by atoms with Crippen LogP contribution < -0.4 is 14.2 Å². The number of hydrogen-bond acceptors (Lipinski definition) is 4. The van der Waals surface area contributed by atoms with Gasteiger partial charge in [0.25, 0.3) is 0 Å². The quantitative estimate of drug-likeness (QED) is 0.807. The molecule has 0 N–H and O–H groups in total. The van der Waals surface area contributed by atoms with E-state index in [1.165, 1.54) is 0 Å². The van der Waals surface area contributed by atoms with E-state index in [-0.39, 0.29) is 12.4 Å². The number of hydrogen-bond donors (Lipinski definition) is 0. The summed E-state index contributed by atoms with van der Waals surface area (Å²) in [5, 5.41) is 0. The molecule has 1 aliphatic heterocycles. The summed E-state index contributed by atoms with van der Waals surface area (Å²) in [5.74, 6) is 1.89. The molecule has 4 heteroatoms. The fourth-order valence-electron chi connectivity index (χ4n) is 2.60. The third kappa shape index (κ3) is 2.93. The van der Waals surface area contributed by atoms with Gasteiger partial charge in [0.15, 0.2) is 17.3 Å². The molecule has 23 heavy (non-hydrogen) atoms. The Bertz CT molecular complexity index is 762. The van der Waals surface area contributed by atoms with Gasteiger partial charge in [-0.1, -0.05) is 24.3 Å². The fraction of sp³-hybridized carbons (Fsp3) is 0.211. The van der Waals surface area contributed by atoms with Crippen molar-refractivity contribution in [3.63, 3.8) is 0 Å². The van der Waals surface area contributed by atoms with Crippen LogP contribution >= 0.6 is 0 Å². The minimum atomic E-state index is -0.0179. The van der Waals surface area contributed by atoms with E-state index >= 15 is 0 Å². The predicted octanol–water partition coefficient (Wildman–Crippen LogP) is 3.75. The van der Waals surface area contributed by atoms with Gasteiger partial charge in [0.1, 0.15) is 12.4 Å². The number of carbonyl (C=O) groups is 1. The first-order valence-corrected chi connectivity index (χ1v) is 7.51. The van der Waals surface area contributed by atoms with Crippen LogP contribution in [0.1, 0.15) is 22.8 Å². The first-order chi connectivity index (χ1) is 11.2. The van der Waals surface area contributed by atoms with E-state index in [9.17, 15) is 4.79 Å². The molecule has 4 nitrogen and oxygen atoms in total. The van der Waals surface area contributed by atoms with Crippen LogP contribution in [-0.4, -0.2) is 26.1 Å². The molecule has 0 unspecified atom stereocenters. The highest BCUT2D eigenvalue weighted by atomic mass is 16.5. The van der Waals surface area contributed by atoms with E-state index in [4.69, 9.17) is 14.2 Å². The zero-order valence-corrected chi connectivity index (χ0v) is 13.2. The van der Waals surface area contributed by atoms with Crippen molar-refractivity contribution in [1.29, 1.82) is 0 Å². The fourth-order valence-corrected chi connectivity index (χ4v) is 2.60. The smallest absolute Gasteiger partial charge is 0.196 e. The summed E-state index contributed by atoms with van der Waals surface area (Å²) >= 11 is 0. The largest absolute Gasteiger partial charge is 0.492 e. The molecule has 1 aliphatic rings. The maximum atomic E-state index is 12.6. The molecule has 118 valence electrons. The number of ether oxygens (including phenoxy) is 3. The zero-order chi connectivity index (χ0) is 16.2. The lowest BCUT2D eigenvalue weighted by Crippen LogP contribution is -2.18. The Balaban J connectivity index is 2.00. The highest BCUT2D eigenvalue weighted by molar-refractivity contribution is 6.14. The van der Waals surface area contributed by atoms with Gasteiger partial charge >= 0.3 is 0 Å². The Morgan fingerprint density at radius 1 is 1.17 bits per heavy atom. The molecule has 0 aliphatic carbocycles. The van der Waals surface area contributed by atoms with E-state index in [0.717, 1.165) is 5.56 Å². The molecular formula is C19H18O4. The summed E-state index contributed by atoms with van der Waals surface area (Å²) in [6.45, 7) is 2.71. The third-order valence-corrected chi connectivity index (χ3v) is 3.65. The summed E-state index contributed by atoms with van der Waals surface area (Å²) in [5.41, 5.74) is 1.98. The lowest BCUT2D eigenvalue weighted by atomic mass is 9.98. The predicted molar refractivity (Wildman–Crippen MR) is 88.4 cm³/mol. The number of carbonyl (C=O) groups excluding carboxylic acids is 1. The lowest BCUT2D eigenvalue weighted by molar-refractivity contribution is 0.100. The van der Waals surface area contributed by atoms with Gasteiger partial charge in [-0.2, -0.15) is 0 Å². The number of Topliss-reactive ketones (excluding diaryl/α,β-unsaturated/α-hetero) is 1. The second-order valence-electron chi connectivity index (χ2n) is 5.10. The molecule has 0 saturated carbocycles. The number of fused-ring (bicyclic) bond motifs is 1.